The van der Waals surface area contributed by atoms with Gasteiger partial charge in [0.15, 0.2) is 0 Å². The van der Waals surface area contributed by atoms with Gasteiger partial charge >= 0.3 is 5.97 Å². The molecule has 166 valence electrons. The molecule has 33 heavy (non-hydrogen) atoms. The summed E-state index contributed by atoms with van der Waals surface area (Å²) in [6.45, 7) is 8.07. The zero-order valence-corrected chi connectivity index (χ0v) is 19.5. The molecule has 5 heteroatoms. The van der Waals surface area contributed by atoms with E-state index < -0.39 is 0 Å². The van der Waals surface area contributed by atoms with Crippen LogP contribution in [0.15, 0.2) is 65.2 Å². The summed E-state index contributed by atoms with van der Waals surface area (Å²) in [5, 5.41) is 6.07. The van der Waals surface area contributed by atoms with Gasteiger partial charge in [-0.3, -0.25) is 0 Å². The third-order valence-electron chi connectivity index (χ3n) is 6.45. The molecular formula is C28H26N2O3. The Morgan fingerprint density at radius 3 is 2.42 bits per heavy atom. The van der Waals surface area contributed by atoms with Crippen molar-refractivity contribution >= 4 is 27.8 Å². The zero-order valence-electron chi connectivity index (χ0n) is 19.5. The molecule has 1 unspecified atom stereocenters. The quantitative estimate of drug-likeness (QED) is 0.291. The third kappa shape index (κ3) is 3.32. The maximum absolute atomic E-state index is 13.0. The van der Waals surface area contributed by atoms with E-state index in [2.05, 4.69) is 72.1 Å². The van der Waals surface area contributed by atoms with Gasteiger partial charge in [-0.2, -0.15) is 0 Å². The Hall–Kier alpha value is -3.86. The minimum Gasteiger partial charge on any atom is -0.465 e. The van der Waals surface area contributed by atoms with E-state index in [1.165, 1.54) is 12.7 Å². The Bertz CT molecular complexity index is 1490. The molecule has 2 heterocycles. The van der Waals surface area contributed by atoms with Crippen molar-refractivity contribution in [2.75, 3.05) is 7.11 Å². The maximum Gasteiger partial charge on any atom is 0.338 e. The van der Waals surface area contributed by atoms with Crippen LogP contribution in [0.2, 0.25) is 0 Å². The first-order chi connectivity index (χ1) is 15.9. The molecule has 0 aliphatic rings. The number of carbonyl (C=O) groups excluding carboxylic acids is 1. The summed E-state index contributed by atoms with van der Waals surface area (Å²) in [6, 6.07) is 20.9. The van der Waals surface area contributed by atoms with Crippen LogP contribution in [0.3, 0.4) is 0 Å². The number of nitrogens with zero attached hydrogens (tertiary/aromatic N) is 2. The summed E-state index contributed by atoms with van der Waals surface area (Å²) in [4.78, 5) is 13.0. The lowest BCUT2D eigenvalue weighted by Gasteiger charge is -2.18. The number of benzene rings is 3. The van der Waals surface area contributed by atoms with E-state index in [-0.39, 0.29) is 12.0 Å². The minimum atomic E-state index is -0.360. The summed E-state index contributed by atoms with van der Waals surface area (Å²) in [5.74, 6) is 0.360. The fraction of sp³-hybridized carbons (Fsp3) is 0.214. The first kappa shape index (κ1) is 21.0. The van der Waals surface area contributed by atoms with Crippen molar-refractivity contribution in [1.82, 2.24) is 9.72 Å². The molecule has 0 aliphatic heterocycles. The molecule has 5 aromatic rings. The fourth-order valence-electron chi connectivity index (χ4n) is 4.90. The van der Waals surface area contributed by atoms with Gasteiger partial charge in [-0.1, -0.05) is 47.1 Å². The van der Waals surface area contributed by atoms with Crippen LogP contribution in [0.25, 0.3) is 32.9 Å². The molecule has 0 aliphatic carbocycles. The minimum absolute atomic E-state index is 0.0549. The molecule has 0 saturated heterocycles. The van der Waals surface area contributed by atoms with Crippen LogP contribution < -0.4 is 0 Å². The van der Waals surface area contributed by atoms with Crippen molar-refractivity contribution in [1.29, 1.82) is 0 Å². The molecule has 0 fully saturated rings. The maximum atomic E-state index is 13.0. The van der Waals surface area contributed by atoms with Gasteiger partial charge in [0.1, 0.15) is 5.76 Å². The van der Waals surface area contributed by atoms with Crippen LogP contribution in [-0.2, 0) is 4.74 Å². The number of hydrogen-bond donors (Lipinski definition) is 0. The number of esters is 1. The number of rotatable bonds is 4. The summed E-state index contributed by atoms with van der Waals surface area (Å²) in [7, 11) is 1.42. The van der Waals surface area contributed by atoms with Gasteiger partial charge in [-0.25, -0.2) is 4.79 Å². The second-order valence-corrected chi connectivity index (χ2v) is 8.59. The number of fused-ring (bicyclic) bond motifs is 3. The summed E-state index contributed by atoms with van der Waals surface area (Å²) < 4.78 is 13.0. The van der Waals surface area contributed by atoms with Crippen LogP contribution in [0, 0.1) is 20.8 Å². The van der Waals surface area contributed by atoms with Gasteiger partial charge in [0.05, 0.1) is 29.9 Å². The zero-order chi connectivity index (χ0) is 23.3. The molecular weight excluding hydrogens is 412 g/mol. The average Bonchev–Trinajstić information content (AvgIpc) is 3.33. The van der Waals surface area contributed by atoms with Crippen molar-refractivity contribution < 1.29 is 14.1 Å². The van der Waals surface area contributed by atoms with Crippen LogP contribution in [0.5, 0.6) is 0 Å². The van der Waals surface area contributed by atoms with E-state index in [1.54, 1.807) is 0 Å². The number of hydrogen-bond acceptors (Lipinski definition) is 4. The highest BCUT2D eigenvalue weighted by molar-refractivity contribution is 6.18. The molecule has 3 aromatic carbocycles. The van der Waals surface area contributed by atoms with Gasteiger partial charge in [0, 0.05) is 21.9 Å². The molecule has 0 saturated carbocycles. The normalized spacial score (nSPS) is 12.4. The lowest BCUT2D eigenvalue weighted by molar-refractivity contribution is 0.0603. The van der Waals surface area contributed by atoms with Crippen LogP contribution in [0.4, 0.5) is 0 Å². The molecule has 1 atom stereocenters. The van der Waals surface area contributed by atoms with E-state index in [1.807, 2.05) is 26.0 Å². The lowest BCUT2D eigenvalue weighted by atomic mass is 9.97. The molecule has 0 N–H and O–H groups in total. The van der Waals surface area contributed by atoms with Crippen molar-refractivity contribution in [3.63, 3.8) is 0 Å². The molecule has 0 amide bonds. The van der Waals surface area contributed by atoms with E-state index in [0.29, 0.717) is 5.56 Å². The number of ether oxygens (including phenoxy) is 1. The lowest BCUT2D eigenvalue weighted by Crippen LogP contribution is -2.07. The van der Waals surface area contributed by atoms with Gasteiger partial charge < -0.3 is 13.8 Å². The Morgan fingerprint density at radius 2 is 1.76 bits per heavy atom. The van der Waals surface area contributed by atoms with E-state index in [0.717, 1.165) is 50.0 Å². The van der Waals surface area contributed by atoms with E-state index in [9.17, 15) is 4.79 Å². The fourth-order valence-corrected chi connectivity index (χ4v) is 4.90. The van der Waals surface area contributed by atoms with Crippen molar-refractivity contribution in [2.45, 2.75) is 33.7 Å². The topological polar surface area (TPSA) is 57.3 Å². The summed E-state index contributed by atoms with van der Waals surface area (Å²) >= 11 is 0. The van der Waals surface area contributed by atoms with Crippen molar-refractivity contribution in [3.8, 4) is 11.1 Å². The second kappa shape index (κ2) is 7.93. The number of methoxy groups -OCH3 is 1. The van der Waals surface area contributed by atoms with Gasteiger partial charge in [-0.05, 0) is 63.1 Å². The van der Waals surface area contributed by atoms with E-state index in [4.69, 9.17) is 9.26 Å². The van der Waals surface area contributed by atoms with Crippen molar-refractivity contribution in [3.05, 3.63) is 88.8 Å². The number of aromatic nitrogens is 2. The highest BCUT2D eigenvalue weighted by Gasteiger charge is 2.24. The first-order valence-corrected chi connectivity index (χ1v) is 11.1. The molecule has 5 nitrogen and oxygen atoms in total. The van der Waals surface area contributed by atoms with Crippen LogP contribution >= 0.6 is 0 Å². The van der Waals surface area contributed by atoms with Crippen LogP contribution in [-0.4, -0.2) is 22.8 Å². The Kier molecular flexibility index (Phi) is 5.05. The second-order valence-electron chi connectivity index (χ2n) is 8.59. The Morgan fingerprint density at radius 1 is 1.00 bits per heavy atom. The number of carbonyl (C=O) groups is 1. The van der Waals surface area contributed by atoms with Gasteiger partial charge in [0.2, 0.25) is 0 Å². The van der Waals surface area contributed by atoms with Gasteiger partial charge in [-0.15, -0.1) is 0 Å². The Labute approximate surface area is 192 Å². The SMILES string of the molecule is COC(=O)c1cc(-c2c(C)noc2C)cc2c1c1cc(C)ccc1n2C(C)c1ccccc1. The first-order valence-electron chi connectivity index (χ1n) is 11.1. The highest BCUT2D eigenvalue weighted by Crippen LogP contribution is 2.40. The third-order valence-corrected chi connectivity index (χ3v) is 6.45. The average molecular weight is 439 g/mol. The highest BCUT2D eigenvalue weighted by atomic mass is 16.5. The largest absolute Gasteiger partial charge is 0.465 e. The van der Waals surface area contributed by atoms with Crippen LogP contribution in [0.1, 0.15) is 45.9 Å². The molecule has 0 radical (unpaired) electrons. The molecule has 5 rings (SSSR count). The summed E-state index contributed by atoms with van der Waals surface area (Å²) in [6.07, 6.45) is 0. The Balaban J connectivity index is 1.94. The number of aryl methyl sites for hydroxylation is 3. The predicted octanol–water partition coefficient (Wildman–Crippen LogP) is 6.77. The predicted molar refractivity (Wildman–Crippen MR) is 131 cm³/mol. The molecule has 0 bridgehead atoms. The van der Waals surface area contributed by atoms with Gasteiger partial charge in [0.25, 0.3) is 0 Å². The van der Waals surface area contributed by atoms with E-state index >= 15 is 0 Å². The molecule has 2 aromatic heterocycles. The molecule has 0 spiro atoms. The monoisotopic (exact) mass is 438 g/mol. The standard InChI is InChI=1S/C28H26N2O3/c1-16-11-12-24-22(13-16)27-23(28(31)32-5)14-21(26-17(2)29-33-19(26)4)15-25(27)30(24)18(3)20-9-7-6-8-10-20/h6-15,18H,1-5H3. The smallest absolute Gasteiger partial charge is 0.338 e. The van der Waals surface area contributed by atoms with Crippen molar-refractivity contribution in [2.24, 2.45) is 0 Å². The summed E-state index contributed by atoms with van der Waals surface area (Å²) in [5.41, 5.74) is 7.51.